The number of pyridine rings is 1. The van der Waals surface area contributed by atoms with Crippen LogP contribution in [0.2, 0.25) is 0 Å². The van der Waals surface area contributed by atoms with Crippen LogP contribution in [-0.4, -0.2) is 10.4 Å². The summed E-state index contributed by atoms with van der Waals surface area (Å²) in [5.74, 6) is -0.597. The van der Waals surface area contributed by atoms with Gasteiger partial charge in [-0.2, -0.15) is 0 Å². The molecule has 0 fully saturated rings. The van der Waals surface area contributed by atoms with E-state index in [4.69, 9.17) is 0 Å². The largest absolute Gasteiger partial charge is 0.352 e. The number of benzene rings is 1. The van der Waals surface area contributed by atoms with Gasteiger partial charge in [0.15, 0.2) is 5.78 Å². The molecule has 0 saturated carbocycles. The first kappa shape index (κ1) is 15.9. The molecular weight excluding hydrogens is 283 g/mol. The molecule has 0 saturated heterocycles. The normalized spacial score (nSPS) is 10.6. The zero-order valence-corrected chi connectivity index (χ0v) is 13.2. The highest BCUT2D eigenvalue weighted by atomic mass is 19.1. The topological polar surface area (TPSA) is 51.1 Å². The monoisotopic (exact) mass is 302 g/mol. The number of carbonyl (C=O) groups is 1. The third-order valence-corrected chi connectivity index (χ3v) is 3.69. The maximum Gasteiger partial charge on any atom is 0.255 e. The van der Waals surface area contributed by atoms with E-state index in [1.807, 2.05) is 13.0 Å². The minimum Gasteiger partial charge on any atom is -0.352 e. The molecule has 0 amide bonds. The number of halogens is 1. The van der Waals surface area contributed by atoms with Gasteiger partial charge in [-0.25, -0.2) is 4.39 Å². The van der Waals surface area contributed by atoms with Crippen LogP contribution in [-0.2, 0) is 13.5 Å². The highest BCUT2D eigenvalue weighted by Crippen LogP contribution is 2.25. The lowest BCUT2D eigenvalue weighted by Crippen LogP contribution is -2.22. The molecule has 0 unspecified atom stereocenters. The van der Waals surface area contributed by atoms with E-state index >= 15 is 0 Å². The minimum atomic E-state index is -0.408. The molecule has 0 radical (unpaired) electrons. The number of nitrogens with zero attached hydrogens (tertiary/aromatic N) is 1. The van der Waals surface area contributed by atoms with Gasteiger partial charge < -0.3 is 9.88 Å². The van der Waals surface area contributed by atoms with E-state index in [1.165, 1.54) is 23.8 Å². The van der Waals surface area contributed by atoms with Crippen molar-refractivity contribution in [3.8, 4) is 0 Å². The lowest BCUT2D eigenvalue weighted by molar-refractivity contribution is 0.101. The number of nitrogens with one attached hydrogen (secondary N) is 1. The summed E-state index contributed by atoms with van der Waals surface area (Å²) < 4.78 is 15.5. The van der Waals surface area contributed by atoms with Gasteiger partial charge in [0.2, 0.25) is 0 Å². The Kier molecular flexibility index (Phi) is 4.45. The first-order chi connectivity index (χ1) is 10.3. The third kappa shape index (κ3) is 2.93. The van der Waals surface area contributed by atoms with Crippen LogP contribution in [0.3, 0.4) is 0 Å². The average Bonchev–Trinajstić information content (AvgIpc) is 2.48. The molecule has 1 aromatic carbocycles. The maximum atomic E-state index is 14.1. The second-order valence-electron chi connectivity index (χ2n) is 5.31. The summed E-state index contributed by atoms with van der Waals surface area (Å²) in [4.78, 5) is 23.9. The molecule has 0 aliphatic carbocycles. The molecule has 1 heterocycles. The van der Waals surface area contributed by atoms with Crippen LogP contribution in [0.4, 0.5) is 15.8 Å². The Hall–Kier alpha value is -2.43. The van der Waals surface area contributed by atoms with Crippen molar-refractivity contribution in [1.29, 1.82) is 0 Å². The Morgan fingerprint density at radius 1 is 1.36 bits per heavy atom. The molecule has 0 spiro atoms. The number of anilines is 2. The zero-order chi connectivity index (χ0) is 16.4. The van der Waals surface area contributed by atoms with Gasteiger partial charge in [0, 0.05) is 18.8 Å². The Bertz CT molecular complexity index is 794. The summed E-state index contributed by atoms with van der Waals surface area (Å²) in [6, 6.07) is 4.89. The van der Waals surface area contributed by atoms with Crippen molar-refractivity contribution in [2.45, 2.75) is 27.2 Å². The van der Waals surface area contributed by atoms with Crippen LogP contribution in [0.25, 0.3) is 0 Å². The van der Waals surface area contributed by atoms with E-state index in [2.05, 4.69) is 5.32 Å². The quantitative estimate of drug-likeness (QED) is 0.881. The Balaban J connectivity index is 2.56. The molecule has 2 rings (SSSR count). The van der Waals surface area contributed by atoms with Crippen LogP contribution in [0.15, 0.2) is 29.2 Å². The molecule has 0 aliphatic rings. The molecule has 22 heavy (non-hydrogen) atoms. The van der Waals surface area contributed by atoms with Crippen LogP contribution in [0.5, 0.6) is 0 Å². The molecule has 1 aromatic heterocycles. The maximum absolute atomic E-state index is 14.1. The van der Waals surface area contributed by atoms with Gasteiger partial charge >= 0.3 is 0 Å². The lowest BCUT2D eigenvalue weighted by Gasteiger charge is -2.15. The fourth-order valence-corrected chi connectivity index (χ4v) is 2.33. The Morgan fingerprint density at radius 3 is 2.59 bits per heavy atom. The first-order valence-electron chi connectivity index (χ1n) is 7.11. The molecule has 5 heteroatoms. The number of ketones is 1. The smallest absolute Gasteiger partial charge is 0.255 e. The highest BCUT2D eigenvalue weighted by Gasteiger charge is 2.16. The number of Topliss-reactive ketones (excluding diaryl/α,β-unsaturated/α-hetero) is 1. The number of hydrogen-bond donors (Lipinski definition) is 1. The summed E-state index contributed by atoms with van der Waals surface area (Å²) in [5.41, 5.74) is 2.01. The predicted molar refractivity (Wildman–Crippen MR) is 85.5 cm³/mol. The molecule has 116 valence electrons. The number of aromatic nitrogens is 1. The molecule has 0 atom stereocenters. The highest BCUT2D eigenvalue weighted by molar-refractivity contribution is 6.00. The van der Waals surface area contributed by atoms with Crippen molar-refractivity contribution in [3.05, 3.63) is 57.3 Å². The van der Waals surface area contributed by atoms with Gasteiger partial charge in [0.05, 0.1) is 16.9 Å². The van der Waals surface area contributed by atoms with Crippen LogP contribution in [0.1, 0.15) is 35.3 Å². The molecule has 0 aliphatic heterocycles. The van der Waals surface area contributed by atoms with Crippen molar-refractivity contribution in [1.82, 2.24) is 4.57 Å². The summed E-state index contributed by atoms with van der Waals surface area (Å²) in [6.45, 7) is 4.98. The van der Waals surface area contributed by atoms with E-state index in [9.17, 15) is 14.0 Å². The third-order valence-electron chi connectivity index (χ3n) is 3.69. The standard InChI is InChI=1S/C17H19FN2O2/c1-5-12-6-7-15(14(18)8-12)19-16-10(2)17(22)20(4)9-13(16)11(3)21/h6-9,19H,5H2,1-4H3. The van der Waals surface area contributed by atoms with E-state index in [0.29, 0.717) is 16.8 Å². The van der Waals surface area contributed by atoms with Gasteiger partial charge in [0.25, 0.3) is 5.56 Å². The molecule has 0 bridgehead atoms. The SMILES string of the molecule is CCc1ccc(Nc2c(C(C)=O)cn(C)c(=O)c2C)c(F)c1. The summed E-state index contributed by atoms with van der Waals surface area (Å²) in [5, 5.41) is 2.90. The molecular formula is C17H19FN2O2. The second kappa shape index (κ2) is 6.13. The number of aryl methyl sites for hydroxylation is 2. The predicted octanol–water partition coefficient (Wildman–Crippen LogP) is 3.34. The van der Waals surface area contributed by atoms with E-state index in [0.717, 1.165) is 12.0 Å². The van der Waals surface area contributed by atoms with Crippen LogP contribution < -0.4 is 10.9 Å². The van der Waals surface area contributed by atoms with Crippen molar-refractivity contribution < 1.29 is 9.18 Å². The van der Waals surface area contributed by atoms with Crippen molar-refractivity contribution in [2.75, 3.05) is 5.32 Å². The molecule has 4 nitrogen and oxygen atoms in total. The van der Waals surface area contributed by atoms with Gasteiger partial charge in [-0.1, -0.05) is 13.0 Å². The van der Waals surface area contributed by atoms with Crippen molar-refractivity contribution in [2.24, 2.45) is 7.05 Å². The van der Waals surface area contributed by atoms with E-state index < -0.39 is 5.82 Å². The van der Waals surface area contributed by atoms with Crippen molar-refractivity contribution >= 4 is 17.2 Å². The van der Waals surface area contributed by atoms with Crippen LogP contribution >= 0.6 is 0 Å². The first-order valence-corrected chi connectivity index (χ1v) is 7.11. The summed E-state index contributed by atoms with van der Waals surface area (Å²) in [6.07, 6.45) is 2.21. The minimum absolute atomic E-state index is 0.188. The van der Waals surface area contributed by atoms with E-state index in [-0.39, 0.29) is 17.0 Å². The average molecular weight is 302 g/mol. The van der Waals surface area contributed by atoms with Gasteiger partial charge in [-0.15, -0.1) is 0 Å². The Morgan fingerprint density at radius 2 is 2.05 bits per heavy atom. The fraction of sp³-hybridized carbons (Fsp3) is 0.294. The van der Waals surface area contributed by atoms with Gasteiger partial charge in [-0.3, -0.25) is 9.59 Å². The van der Waals surface area contributed by atoms with E-state index in [1.54, 1.807) is 20.0 Å². The Labute approximate surface area is 128 Å². The number of hydrogen-bond acceptors (Lipinski definition) is 3. The van der Waals surface area contributed by atoms with Gasteiger partial charge in [-0.05, 0) is 38.0 Å². The van der Waals surface area contributed by atoms with Gasteiger partial charge in [0.1, 0.15) is 5.82 Å². The molecule has 2 aromatic rings. The lowest BCUT2D eigenvalue weighted by atomic mass is 10.1. The fourth-order valence-electron chi connectivity index (χ4n) is 2.33. The zero-order valence-electron chi connectivity index (χ0n) is 13.2. The summed E-state index contributed by atoms with van der Waals surface area (Å²) >= 11 is 0. The van der Waals surface area contributed by atoms with Crippen molar-refractivity contribution in [3.63, 3.8) is 0 Å². The summed E-state index contributed by atoms with van der Waals surface area (Å²) in [7, 11) is 1.59. The molecule has 1 N–H and O–H groups in total. The second-order valence-corrected chi connectivity index (χ2v) is 5.31. The van der Waals surface area contributed by atoms with Crippen LogP contribution in [0, 0.1) is 12.7 Å². The number of carbonyl (C=O) groups excluding carboxylic acids is 1. The number of rotatable bonds is 4.